The molecule has 0 aromatic carbocycles. The zero-order chi connectivity index (χ0) is 24.2. The first-order valence-electron chi connectivity index (χ1n) is 8.56. The molecule has 0 aliphatic rings. The van der Waals surface area contributed by atoms with Crippen LogP contribution in [0.2, 0.25) is 0 Å². The fourth-order valence-electron chi connectivity index (χ4n) is 1.64. The molecule has 1 radical (unpaired) electrons. The zero-order valence-electron chi connectivity index (χ0n) is 17.0. The second-order valence-corrected chi connectivity index (χ2v) is 8.93. The van der Waals surface area contributed by atoms with E-state index in [9.17, 15) is 26.3 Å². The van der Waals surface area contributed by atoms with Crippen molar-refractivity contribution in [1.82, 2.24) is 0 Å². The van der Waals surface area contributed by atoms with Gasteiger partial charge in [-0.3, -0.25) is 0 Å². The number of hydrogen-bond donors (Lipinski definition) is 0. The van der Waals surface area contributed by atoms with Gasteiger partial charge in [-0.05, 0) is 26.7 Å². The Morgan fingerprint density at radius 3 is 1.17 bits per heavy atom. The van der Waals surface area contributed by atoms with Crippen molar-refractivity contribution in [3.63, 3.8) is 0 Å². The van der Waals surface area contributed by atoms with E-state index in [0.717, 1.165) is 0 Å². The van der Waals surface area contributed by atoms with Gasteiger partial charge in [0.15, 0.2) is 20.2 Å². The van der Waals surface area contributed by atoms with Gasteiger partial charge in [0.25, 0.3) is 0 Å². The summed E-state index contributed by atoms with van der Waals surface area (Å²) in [4.78, 5) is 0. The zero-order valence-corrected chi connectivity index (χ0v) is 21.0. The monoisotopic (exact) mass is 677 g/mol. The number of alkyl halides is 6. The van der Waals surface area contributed by atoms with E-state index in [1.807, 2.05) is 0 Å². The van der Waals surface area contributed by atoms with E-state index in [4.69, 9.17) is 25.9 Å². The van der Waals surface area contributed by atoms with Crippen LogP contribution in [0, 0.1) is 0 Å². The number of unbranched alkanes of at least 4 members (excludes halogenated alkanes) is 4. The first kappa shape index (κ1) is 37.3. The summed E-state index contributed by atoms with van der Waals surface area (Å²) in [6, 6.07) is 0. The van der Waals surface area contributed by atoms with Gasteiger partial charge in [0, 0.05) is 20.1 Å². The summed E-state index contributed by atoms with van der Waals surface area (Å²) in [7, 11) is -9.81. The molecular weight excluding hydrogens is 648 g/mol. The topological polar surface area (TPSA) is 114 Å². The minimum Gasteiger partial charge on any atom is -0.741 e. The van der Waals surface area contributed by atoms with Gasteiger partial charge in [0.2, 0.25) is 0 Å². The van der Waals surface area contributed by atoms with E-state index in [-0.39, 0.29) is 20.1 Å². The SMILES string of the molecule is CCCCCCC[N+](C)(CC)CC.O=S(=O)([O-])C(F)(F)F.O=S(=O)([O-])C(F)(F)F.[Ir]. The van der Waals surface area contributed by atoms with Gasteiger partial charge in [-0.15, -0.1) is 0 Å². The normalized spacial score (nSPS) is 12.7. The Morgan fingerprint density at radius 2 is 0.967 bits per heavy atom. The van der Waals surface area contributed by atoms with Crippen LogP contribution in [0.1, 0.15) is 52.9 Å². The van der Waals surface area contributed by atoms with E-state index >= 15 is 0 Å². The van der Waals surface area contributed by atoms with Gasteiger partial charge < -0.3 is 13.6 Å². The number of hydrogen-bond acceptors (Lipinski definition) is 6. The molecule has 0 unspecified atom stereocenters. The molecule has 0 amide bonds. The average molecular weight is 677 g/mol. The summed E-state index contributed by atoms with van der Waals surface area (Å²) in [5.41, 5.74) is -11.3. The van der Waals surface area contributed by atoms with Gasteiger partial charge in [-0.1, -0.05) is 26.2 Å². The molecule has 0 saturated carbocycles. The van der Waals surface area contributed by atoms with E-state index in [2.05, 4.69) is 27.8 Å². The van der Waals surface area contributed by atoms with Crippen LogP contribution in [-0.4, -0.2) is 68.1 Å². The van der Waals surface area contributed by atoms with E-state index in [1.54, 1.807) is 0 Å². The fraction of sp³-hybridized carbons (Fsp3) is 1.00. The molecule has 30 heavy (non-hydrogen) atoms. The van der Waals surface area contributed by atoms with Crippen LogP contribution in [0.15, 0.2) is 0 Å². The Morgan fingerprint density at radius 1 is 0.700 bits per heavy atom. The molecule has 0 atom stereocenters. The maximum atomic E-state index is 10.7. The Bertz CT molecular complexity index is 592. The fourth-order valence-corrected chi connectivity index (χ4v) is 1.64. The van der Waals surface area contributed by atoms with Gasteiger partial charge in [0.1, 0.15) is 0 Å². The average Bonchev–Trinajstić information content (AvgIpc) is 2.52. The summed E-state index contributed by atoms with van der Waals surface area (Å²) in [6.07, 6.45) is 7.05. The molecule has 16 heteroatoms. The van der Waals surface area contributed by atoms with Crippen molar-refractivity contribution >= 4 is 20.2 Å². The van der Waals surface area contributed by atoms with Crippen LogP contribution in [-0.2, 0) is 40.3 Å². The third-order valence-electron chi connectivity index (χ3n) is 3.90. The molecule has 0 spiro atoms. The molecular formula is C14H28F6IrNO6S2-. The standard InChI is InChI=1S/C12H28N.2CHF3O3S.Ir/c1-5-8-9-10-11-12-13(4,6-2)7-3;2*2-1(3,4)8(5,6)7;/h5-12H2,1-4H3;2*(H,5,6,7);/q+1;;;/p-2. The van der Waals surface area contributed by atoms with Crippen molar-refractivity contribution in [2.75, 3.05) is 26.7 Å². The minimum absolute atomic E-state index is 0. The molecule has 0 N–H and O–H groups in total. The third kappa shape index (κ3) is 19.9. The van der Waals surface area contributed by atoms with E-state index in [1.165, 1.54) is 56.2 Å². The molecule has 0 rings (SSSR count). The van der Waals surface area contributed by atoms with Gasteiger partial charge in [-0.2, -0.15) is 26.3 Å². The molecule has 0 saturated heterocycles. The molecule has 7 nitrogen and oxygen atoms in total. The second kappa shape index (κ2) is 15.8. The predicted octanol–water partition coefficient (Wildman–Crippen LogP) is 3.54. The number of halogens is 6. The Balaban J connectivity index is -0.000000174. The summed E-state index contributed by atoms with van der Waals surface area (Å²) >= 11 is 0. The van der Waals surface area contributed by atoms with Gasteiger partial charge >= 0.3 is 11.0 Å². The number of rotatable bonds is 8. The van der Waals surface area contributed by atoms with Crippen LogP contribution in [0.3, 0.4) is 0 Å². The van der Waals surface area contributed by atoms with Gasteiger partial charge in [0.05, 0.1) is 26.7 Å². The van der Waals surface area contributed by atoms with Crippen molar-refractivity contribution in [3.8, 4) is 0 Å². The Kier molecular flexibility index (Phi) is 19.6. The van der Waals surface area contributed by atoms with Crippen LogP contribution < -0.4 is 0 Å². The summed E-state index contributed by atoms with van der Waals surface area (Å²) in [5.74, 6) is 0. The molecule has 0 aliphatic carbocycles. The van der Waals surface area contributed by atoms with Crippen LogP contribution >= 0.6 is 0 Å². The second-order valence-electron chi connectivity index (χ2n) is 6.19. The van der Waals surface area contributed by atoms with Crippen molar-refractivity contribution in [1.29, 1.82) is 0 Å². The molecule has 0 aromatic rings. The summed E-state index contributed by atoms with van der Waals surface area (Å²) < 4.78 is 119. The first-order chi connectivity index (χ1) is 12.7. The predicted molar refractivity (Wildman–Crippen MR) is 92.4 cm³/mol. The quantitative estimate of drug-likeness (QED) is 0.128. The molecule has 0 fully saturated rings. The van der Waals surface area contributed by atoms with Crippen LogP contribution in [0.4, 0.5) is 26.3 Å². The molecule has 189 valence electrons. The van der Waals surface area contributed by atoms with Crippen molar-refractivity contribution in [2.24, 2.45) is 0 Å². The molecule has 0 heterocycles. The molecule has 0 aliphatic heterocycles. The van der Waals surface area contributed by atoms with Crippen molar-refractivity contribution in [3.05, 3.63) is 0 Å². The van der Waals surface area contributed by atoms with Crippen LogP contribution in [0.25, 0.3) is 0 Å². The maximum Gasteiger partial charge on any atom is 0.485 e. The maximum absolute atomic E-state index is 10.7. The van der Waals surface area contributed by atoms with Gasteiger partial charge in [-0.25, -0.2) is 16.8 Å². The summed E-state index contributed by atoms with van der Waals surface area (Å²) in [5, 5.41) is 0. The molecule has 0 bridgehead atoms. The number of quaternary nitrogens is 1. The largest absolute Gasteiger partial charge is 0.741 e. The summed E-state index contributed by atoms with van der Waals surface area (Å²) in [6.45, 7) is 10.8. The van der Waals surface area contributed by atoms with Crippen LogP contribution in [0.5, 0.6) is 0 Å². The van der Waals surface area contributed by atoms with Crippen molar-refractivity contribution < 1.29 is 76.9 Å². The number of nitrogens with zero attached hydrogens (tertiary/aromatic N) is 1. The first-order valence-corrected chi connectivity index (χ1v) is 11.4. The van der Waals surface area contributed by atoms with E-state index in [0.29, 0.717) is 0 Å². The van der Waals surface area contributed by atoms with Crippen molar-refractivity contribution in [2.45, 2.75) is 63.9 Å². The molecule has 0 aromatic heterocycles. The van der Waals surface area contributed by atoms with E-state index < -0.39 is 31.3 Å². The third-order valence-corrected chi connectivity index (χ3v) is 5.03. The Hall–Kier alpha value is 0.00935. The minimum atomic E-state index is -6.09. The Labute approximate surface area is 187 Å². The smallest absolute Gasteiger partial charge is 0.485 e.